The zero-order valence-corrected chi connectivity index (χ0v) is 19.4. The molecule has 2 amide bonds. The maximum Gasteiger partial charge on any atom is 0.255 e. The highest BCUT2D eigenvalue weighted by atomic mass is 19.1. The summed E-state index contributed by atoms with van der Waals surface area (Å²) in [5, 5.41) is 6.42. The summed E-state index contributed by atoms with van der Waals surface area (Å²) in [7, 11) is 0. The van der Waals surface area contributed by atoms with Crippen molar-refractivity contribution >= 4 is 11.8 Å². The average Bonchev–Trinajstić information content (AvgIpc) is 3.14. The van der Waals surface area contributed by atoms with E-state index in [4.69, 9.17) is 0 Å². The van der Waals surface area contributed by atoms with E-state index >= 15 is 0 Å². The number of piperidine rings is 1. The molecule has 5 rings (SSSR count). The van der Waals surface area contributed by atoms with Crippen molar-refractivity contribution < 1.29 is 14.0 Å². The molecule has 1 aromatic carbocycles. The van der Waals surface area contributed by atoms with Gasteiger partial charge in [0.15, 0.2) is 0 Å². The van der Waals surface area contributed by atoms with Crippen LogP contribution in [0.5, 0.6) is 0 Å². The van der Waals surface area contributed by atoms with Gasteiger partial charge in [-0.2, -0.15) is 0 Å². The van der Waals surface area contributed by atoms with Crippen LogP contribution in [0.4, 0.5) is 4.39 Å². The van der Waals surface area contributed by atoms with E-state index in [9.17, 15) is 14.0 Å². The Kier molecular flexibility index (Phi) is 6.46. The monoisotopic (exact) mass is 462 g/mol. The second-order valence-corrected chi connectivity index (χ2v) is 9.82. The van der Waals surface area contributed by atoms with E-state index < -0.39 is 6.04 Å². The zero-order valence-electron chi connectivity index (χ0n) is 19.4. The highest BCUT2D eigenvalue weighted by molar-refractivity contribution is 6.01. The smallest absolute Gasteiger partial charge is 0.255 e. The van der Waals surface area contributed by atoms with Gasteiger partial charge in [-0.3, -0.25) is 14.6 Å². The fourth-order valence-electron chi connectivity index (χ4n) is 5.66. The quantitative estimate of drug-likeness (QED) is 0.684. The molecule has 6 nitrogen and oxygen atoms in total. The normalized spacial score (nSPS) is 24.8. The number of aromatic nitrogens is 1. The Bertz CT molecular complexity index is 1120. The SMILES string of the molecule is C=C1CCC(N2Cc3cc(C[C@H]4CCCC[C@@H]4NCc4cncc(F)c4)ccc3C2=O)C(=O)N1. The Morgan fingerprint density at radius 1 is 1.12 bits per heavy atom. The van der Waals surface area contributed by atoms with Gasteiger partial charge in [0, 0.05) is 36.6 Å². The fraction of sp³-hybridized carbons (Fsp3) is 0.444. The molecule has 2 aliphatic heterocycles. The van der Waals surface area contributed by atoms with Crippen LogP contribution in [0, 0.1) is 11.7 Å². The summed E-state index contributed by atoms with van der Waals surface area (Å²) in [6.45, 7) is 4.92. The molecule has 3 aliphatic rings. The van der Waals surface area contributed by atoms with Gasteiger partial charge in [0.1, 0.15) is 11.9 Å². The maximum absolute atomic E-state index is 13.5. The van der Waals surface area contributed by atoms with Crippen molar-refractivity contribution in [3.8, 4) is 0 Å². The number of fused-ring (bicyclic) bond motifs is 1. The number of pyridine rings is 1. The van der Waals surface area contributed by atoms with Crippen LogP contribution in [0.2, 0.25) is 0 Å². The lowest BCUT2D eigenvalue weighted by Crippen LogP contribution is -2.49. The fourth-order valence-corrected chi connectivity index (χ4v) is 5.66. The van der Waals surface area contributed by atoms with Crippen LogP contribution in [0.3, 0.4) is 0 Å². The van der Waals surface area contributed by atoms with Crippen molar-refractivity contribution in [2.45, 2.75) is 70.1 Å². The first-order valence-corrected chi connectivity index (χ1v) is 12.2. The number of halogens is 1. The van der Waals surface area contributed by atoms with Crippen LogP contribution in [0.1, 0.15) is 65.6 Å². The number of hydrogen-bond donors (Lipinski definition) is 2. The number of benzene rings is 1. The number of carbonyl (C=O) groups excluding carboxylic acids is 2. The molecule has 0 radical (unpaired) electrons. The van der Waals surface area contributed by atoms with Crippen molar-refractivity contribution in [3.63, 3.8) is 0 Å². The second-order valence-electron chi connectivity index (χ2n) is 9.82. The third-order valence-electron chi connectivity index (χ3n) is 7.44. The number of rotatable bonds is 6. The van der Waals surface area contributed by atoms with Crippen molar-refractivity contribution in [2.75, 3.05) is 0 Å². The Hall–Kier alpha value is -3.06. The molecule has 0 bridgehead atoms. The standard InChI is InChI=1S/C27H31FN4O2/c1-17-6-9-25(26(33)31-17)32-16-21-11-18(7-8-23(21)27(32)34)10-20-4-2-3-5-24(20)30-14-19-12-22(28)15-29-13-19/h7-8,11-13,15,20,24-25,30H,1-6,9-10,14,16H2,(H,31,33)/t20-,24+,25?/m1/s1. The highest BCUT2D eigenvalue weighted by Crippen LogP contribution is 2.32. The van der Waals surface area contributed by atoms with Gasteiger partial charge >= 0.3 is 0 Å². The summed E-state index contributed by atoms with van der Waals surface area (Å²) in [5.41, 5.74) is 4.51. The number of allylic oxidation sites excluding steroid dienone is 1. The van der Waals surface area contributed by atoms with E-state index in [1.54, 1.807) is 11.1 Å². The Morgan fingerprint density at radius 3 is 2.79 bits per heavy atom. The largest absolute Gasteiger partial charge is 0.329 e. The van der Waals surface area contributed by atoms with Crippen molar-refractivity contribution in [1.82, 2.24) is 20.5 Å². The summed E-state index contributed by atoms with van der Waals surface area (Å²) in [6.07, 6.45) is 9.84. The molecular weight excluding hydrogens is 431 g/mol. The van der Waals surface area contributed by atoms with Crippen LogP contribution in [-0.2, 0) is 24.3 Å². The number of carbonyl (C=O) groups is 2. The van der Waals surface area contributed by atoms with Gasteiger partial charge in [0.25, 0.3) is 5.91 Å². The summed E-state index contributed by atoms with van der Waals surface area (Å²) >= 11 is 0. The molecule has 2 fully saturated rings. The highest BCUT2D eigenvalue weighted by Gasteiger charge is 2.38. The third kappa shape index (κ3) is 4.75. The predicted octanol–water partition coefficient (Wildman–Crippen LogP) is 3.86. The summed E-state index contributed by atoms with van der Waals surface area (Å²) < 4.78 is 13.5. The van der Waals surface area contributed by atoms with Crippen molar-refractivity contribution in [2.24, 2.45) is 5.92 Å². The van der Waals surface area contributed by atoms with E-state index in [2.05, 4.69) is 34.3 Å². The van der Waals surface area contributed by atoms with Crippen LogP contribution in [-0.4, -0.2) is 33.8 Å². The molecule has 3 atom stereocenters. The first-order chi connectivity index (χ1) is 16.5. The predicted molar refractivity (Wildman–Crippen MR) is 127 cm³/mol. The summed E-state index contributed by atoms with van der Waals surface area (Å²) in [6, 6.07) is 7.60. The molecule has 34 heavy (non-hydrogen) atoms. The van der Waals surface area contributed by atoms with E-state index in [1.165, 1.54) is 30.7 Å². The average molecular weight is 463 g/mol. The minimum Gasteiger partial charge on any atom is -0.329 e. The molecule has 1 saturated heterocycles. The molecule has 7 heteroatoms. The first-order valence-electron chi connectivity index (χ1n) is 12.2. The lowest BCUT2D eigenvalue weighted by Gasteiger charge is -2.32. The van der Waals surface area contributed by atoms with E-state index in [0.29, 0.717) is 43.5 Å². The van der Waals surface area contributed by atoms with Crippen LogP contribution in [0.15, 0.2) is 48.9 Å². The molecular formula is C27H31FN4O2. The van der Waals surface area contributed by atoms with E-state index in [-0.39, 0.29) is 17.6 Å². The molecule has 2 N–H and O–H groups in total. The number of amides is 2. The Labute approximate surface area is 199 Å². The van der Waals surface area contributed by atoms with Gasteiger partial charge < -0.3 is 15.5 Å². The number of nitrogens with one attached hydrogen (secondary N) is 2. The summed E-state index contributed by atoms with van der Waals surface area (Å²) in [5.74, 6) is -0.0223. The zero-order chi connectivity index (χ0) is 23.7. The van der Waals surface area contributed by atoms with Gasteiger partial charge in [-0.05, 0) is 66.8 Å². The lowest BCUT2D eigenvalue weighted by atomic mass is 9.80. The molecule has 1 unspecified atom stereocenters. The molecule has 1 aliphatic carbocycles. The number of nitrogens with zero attached hydrogens (tertiary/aromatic N) is 2. The topological polar surface area (TPSA) is 74.3 Å². The molecule has 2 aromatic rings. The first kappa shape index (κ1) is 22.7. The Balaban J connectivity index is 1.25. The minimum atomic E-state index is -0.432. The van der Waals surface area contributed by atoms with Crippen LogP contribution < -0.4 is 10.6 Å². The lowest BCUT2D eigenvalue weighted by molar-refractivity contribution is -0.126. The van der Waals surface area contributed by atoms with Gasteiger partial charge in [-0.15, -0.1) is 0 Å². The van der Waals surface area contributed by atoms with E-state index in [0.717, 1.165) is 36.1 Å². The Morgan fingerprint density at radius 2 is 1.97 bits per heavy atom. The van der Waals surface area contributed by atoms with Gasteiger partial charge in [-0.1, -0.05) is 31.6 Å². The van der Waals surface area contributed by atoms with Crippen molar-refractivity contribution in [3.05, 3.63) is 77.0 Å². The van der Waals surface area contributed by atoms with Gasteiger partial charge in [-0.25, -0.2) is 4.39 Å². The molecule has 0 spiro atoms. The van der Waals surface area contributed by atoms with Crippen molar-refractivity contribution in [1.29, 1.82) is 0 Å². The molecule has 1 saturated carbocycles. The van der Waals surface area contributed by atoms with E-state index in [1.807, 2.05) is 6.07 Å². The molecule has 178 valence electrons. The third-order valence-corrected chi connectivity index (χ3v) is 7.44. The number of hydrogen-bond acceptors (Lipinski definition) is 4. The molecule has 1 aromatic heterocycles. The maximum atomic E-state index is 13.5. The molecule has 3 heterocycles. The van der Waals surface area contributed by atoms with Gasteiger partial charge in [0.05, 0.1) is 6.20 Å². The van der Waals surface area contributed by atoms with Crippen LogP contribution >= 0.6 is 0 Å². The minimum absolute atomic E-state index is 0.0601. The van der Waals surface area contributed by atoms with Gasteiger partial charge in [0.2, 0.25) is 5.91 Å². The second kappa shape index (κ2) is 9.66. The van der Waals surface area contributed by atoms with Crippen LogP contribution in [0.25, 0.3) is 0 Å². The summed E-state index contributed by atoms with van der Waals surface area (Å²) in [4.78, 5) is 31.1.